The lowest BCUT2D eigenvalue weighted by molar-refractivity contribution is 0.479. The molecule has 1 N–H and O–H groups in total. The molecule has 0 aliphatic carbocycles. The van der Waals surface area contributed by atoms with Gasteiger partial charge in [0, 0.05) is 10.9 Å². The molecule has 0 radical (unpaired) electrons. The number of thiophene rings is 1. The number of halogens is 1. The van der Waals surface area contributed by atoms with Crippen LogP contribution in [0.5, 0.6) is 0 Å². The molecule has 1 atom stereocenters. The molecule has 1 aromatic heterocycles. The van der Waals surface area contributed by atoms with Crippen molar-refractivity contribution in [2.45, 2.75) is 83.6 Å². The Bertz CT molecular complexity index is 351. The van der Waals surface area contributed by atoms with Crippen LogP contribution in [0.25, 0.3) is 0 Å². The second-order valence-electron chi connectivity index (χ2n) is 6.01. The molecule has 0 saturated carbocycles. The first-order chi connectivity index (χ1) is 10.3. The molecule has 1 aromatic rings. The molecule has 21 heavy (non-hydrogen) atoms. The van der Waals surface area contributed by atoms with Crippen LogP contribution in [0.1, 0.15) is 76.0 Å². The number of likely N-dealkylation sites (N-methyl/N-ethyl adjacent to an activating group) is 1. The van der Waals surface area contributed by atoms with E-state index in [-0.39, 0.29) is 0 Å². The lowest BCUT2D eigenvalue weighted by Gasteiger charge is -2.15. The Morgan fingerprint density at radius 3 is 2.14 bits per heavy atom. The first-order valence-corrected chi connectivity index (χ1v) is 9.87. The van der Waals surface area contributed by atoms with Crippen molar-refractivity contribution in [3.63, 3.8) is 0 Å². The summed E-state index contributed by atoms with van der Waals surface area (Å²) in [6.45, 7) is 2.28. The van der Waals surface area contributed by atoms with Crippen LogP contribution in [0.4, 0.5) is 0 Å². The molecule has 0 fully saturated rings. The van der Waals surface area contributed by atoms with Gasteiger partial charge in [0.1, 0.15) is 0 Å². The third-order valence-electron chi connectivity index (χ3n) is 4.14. The Morgan fingerprint density at radius 2 is 1.62 bits per heavy atom. The van der Waals surface area contributed by atoms with Gasteiger partial charge in [-0.1, -0.05) is 76.3 Å². The van der Waals surface area contributed by atoms with Gasteiger partial charge in [0.25, 0.3) is 0 Å². The van der Waals surface area contributed by atoms with Crippen LogP contribution in [0.2, 0.25) is 4.34 Å². The van der Waals surface area contributed by atoms with Crippen molar-refractivity contribution in [3.05, 3.63) is 21.3 Å². The highest BCUT2D eigenvalue weighted by Crippen LogP contribution is 2.23. The van der Waals surface area contributed by atoms with Crippen molar-refractivity contribution < 1.29 is 0 Å². The maximum Gasteiger partial charge on any atom is 0.0931 e. The summed E-state index contributed by atoms with van der Waals surface area (Å²) >= 11 is 7.71. The minimum Gasteiger partial charge on any atom is -0.317 e. The summed E-state index contributed by atoms with van der Waals surface area (Å²) in [7, 11) is 2.08. The van der Waals surface area contributed by atoms with Gasteiger partial charge < -0.3 is 5.32 Å². The van der Waals surface area contributed by atoms with Crippen molar-refractivity contribution in [1.29, 1.82) is 0 Å². The molecule has 0 amide bonds. The molecule has 0 aliphatic rings. The molecule has 122 valence electrons. The zero-order valence-electron chi connectivity index (χ0n) is 13.8. The quantitative estimate of drug-likeness (QED) is 0.410. The van der Waals surface area contributed by atoms with Crippen LogP contribution in [-0.2, 0) is 6.42 Å². The van der Waals surface area contributed by atoms with E-state index in [2.05, 4.69) is 25.4 Å². The lowest BCUT2D eigenvalue weighted by atomic mass is 10.0. The van der Waals surface area contributed by atoms with E-state index < -0.39 is 0 Å². The summed E-state index contributed by atoms with van der Waals surface area (Å²) in [6.07, 6.45) is 15.0. The molecule has 0 saturated heterocycles. The van der Waals surface area contributed by atoms with Crippen molar-refractivity contribution in [2.75, 3.05) is 7.05 Å². The van der Waals surface area contributed by atoms with E-state index in [0.29, 0.717) is 6.04 Å². The van der Waals surface area contributed by atoms with Crippen molar-refractivity contribution in [1.82, 2.24) is 5.32 Å². The predicted molar refractivity (Wildman–Crippen MR) is 97.7 cm³/mol. The first-order valence-electron chi connectivity index (χ1n) is 8.67. The molecular weight excluding hydrogens is 298 g/mol. The van der Waals surface area contributed by atoms with Gasteiger partial charge in [0.15, 0.2) is 0 Å². The molecule has 0 aliphatic heterocycles. The van der Waals surface area contributed by atoms with Gasteiger partial charge >= 0.3 is 0 Å². The van der Waals surface area contributed by atoms with Crippen LogP contribution >= 0.6 is 22.9 Å². The standard InChI is InChI=1S/C18H32ClNS/c1-3-4-5-6-7-8-9-10-11-12-16(20-2)15-17-13-14-18(19)21-17/h13-14,16,20H,3-12,15H2,1-2H3. The fourth-order valence-corrected chi connectivity index (χ4v) is 3.92. The molecular formula is C18H32ClNS. The highest BCUT2D eigenvalue weighted by atomic mass is 35.5. The number of hydrogen-bond acceptors (Lipinski definition) is 2. The van der Waals surface area contributed by atoms with Crippen LogP contribution in [0.15, 0.2) is 12.1 Å². The van der Waals surface area contributed by atoms with Crippen molar-refractivity contribution in [2.24, 2.45) is 0 Å². The van der Waals surface area contributed by atoms with Gasteiger partial charge in [-0.2, -0.15) is 0 Å². The smallest absolute Gasteiger partial charge is 0.0931 e. The van der Waals surface area contributed by atoms with Gasteiger partial charge in [-0.15, -0.1) is 11.3 Å². The molecule has 1 nitrogen and oxygen atoms in total. The molecule has 0 bridgehead atoms. The summed E-state index contributed by atoms with van der Waals surface area (Å²) in [5.41, 5.74) is 0. The molecule has 1 rings (SSSR count). The van der Waals surface area contributed by atoms with E-state index in [1.807, 2.05) is 6.07 Å². The van der Waals surface area contributed by atoms with Crippen molar-refractivity contribution in [3.8, 4) is 0 Å². The van der Waals surface area contributed by atoms with E-state index >= 15 is 0 Å². The Balaban J connectivity index is 1.99. The summed E-state index contributed by atoms with van der Waals surface area (Å²) in [6, 6.07) is 4.77. The Hall–Kier alpha value is -0.0500. The van der Waals surface area contributed by atoms with Crippen LogP contribution in [-0.4, -0.2) is 13.1 Å². The van der Waals surface area contributed by atoms with Gasteiger partial charge in [-0.25, -0.2) is 0 Å². The van der Waals surface area contributed by atoms with Crippen LogP contribution < -0.4 is 5.32 Å². The Kier molecular flexibility index (Phi) is 11.3. The monoisotopic (exact) mass is 329 g/mol. The maximum absolute atomic E-state index is 5.99. The maximum atomic E-state index is 5.99. The summed E-state index contributed by atoms with van der Waals surface area (Å²) in [4.78, 5) is 1.40. The zero-order chi connectivity index (χ0) is 15.3. The lowest BCUT2D eigenvalue weighted by Crippen LogP contribution is -2.27. The summed E-state index contributed by atoms with van der Waals surface area (Å²) in [5, 5.41) is 3.45. The molecule has 3 heteroatoms. The zero-order valence-corrected chi connectivity index (χ0v) is 15.4. The van der Waals surface area contributed by atoms with Gasteiger partial charge in [-0.05, 0) is 32.0 Å². The number of nitrogens with one attached hydrogen (secondary N) is 1. The highest BCUT2D eigenvalue weighted by Gasteiger charge is 2.08. The van der Waals surface area contributed by atoms with E-state index in [4.69, 9.17) is 11.6 Å². The summed E-state index contributed by atoms with van der Waals surface area (Å²) < 4.78 is 0.905. The van der Waals surface area contributed by atoms with E-state index in [1.165, 1.54) is 69.1 Å². The average Bonchev–Trinajstić information content (AvgIpc) is 2.89. The third-order valence-corrected chi connectivity index (χ3v) is 5.39. The van der Waals surface area contributed by atoms with Crippen molar-refractivity contribution >= 4 is 22.9 Å². The fraction of sp³-hybridized carbons (Fsp3) is 0.778. The summed E-state index contributed by atoms with van der Waals surface area (Å²) in [5.74, 6) is 0. The van der Waals surface area contributed by atoms with Gasteiger partial charge in [0.2, 0.25) is 0 Å². The van der Waals surface area contributed by atoms with Crippen LogP contribution in [0, 0.1) is 0 Å². The SMILES string of the molecule is CCCCCCCCCCCC(Cc1ccc(Cl)s1)NC. The van der Waals surface area contributed by atoms with E-state index in [9.17, 15) is 0 Å². The Labute approximate surface area is 140 Å². The molecule has 0 spiro atoms. The van der Waals surface area contributed by atoms with Gasteiger partial charge in [0.05, 0.1) is 4.34 Å². The third kappa shape index (κ3) is 9.55. The fourth-order valence-electron chi connectivity index (χ4n) is 2.75. The number of unbranched alkanes of at least 4 members (excludes halogenated alkanes) is 8. The molecule has 1 heterocycles. The Morgan fingerprint density at radius 1 is 1.00 bits per heavy atom. The largest absolute Gasteiger partial charge is 0.317 e. The predicted octanol–water partition coefficient (Wildman–Crippen LogP) is 6.45. The molecule has 0 aromatic carbocycles. The van der Waals surface area contributed by atoms with E-state index in [1.54, 1.807) is 11.3 Å². The van der Waals surface area contributed by atoms with Crippen LogP contribution in [0.3, 0.4) is 0 Å². The number of hydrogen-bond donors (Lipinski definition) is 1. The average molecular weight is 330 g/mol. The van der Waals surface area contributed by atoms with E-state index in [0.717, 1.165) is 10.8 Å². The second kappa shape index (κ2) is 12.5. The van der Waals surface area contributed by atoms with Gasteiger partial charge in [-0.3, -0.25) is 0 Å². The minimum atomic E-state index is 0.601. The number of rotatable bonds is 13. The second-order valence-corrected chi connectivity index (χ2v) is 7.81. The molecule has 1 unspecified atom stereocenters. The minimum absolute atomic E-state index is 0.601. The highest BCUT2D eigenvalue weighted by molar-refractivity contribution is 7.16. The topological polar surface area (TPSA) is 12.0 Å². The first kappa shape index (κ1) is 19.0. The normalized spacial score (nSPS) is 12.7.